The SMILES string of the molecule is C[C@H](NC1CCCc2[nH]c(=O)ccc21)c1cccc(Br)c1. The van der Waals surface area contributed by atoms with Gasteiger partial charge in [-0.25, -0.2) is 0 Å². The number of pyridine rings is 1. The Balaban J connectivity index is 1.82. The van der Waals surface area contributed by atoms with Crippen molar-refractivity contribution in [3.63, 3.8) is 0 Å². The van der Waals surface area contributed by atoms with Gasteiger partial charge in [-0.1, -0.05) is 34.1 Å². The lowest BCUT2D eigenvalue weighted by Gasteiger charge is -2.29. The third-order valence-corrected chi connectivity index (χ3v) is 4.62. The number of halogens is 1. The average molecular weight is 347 g/mol. The Morgan fingerprint density at radius 1 is 1.33 bits per heavy atom. The van der Waals surface area contributed by atoms with Crippen molar-refractivity contribution in [3.8, 4) is 0 Å². The molecule has 0 radical (unpaired) electrons. The summed E-state index contributed by atoms with van der Waals surface area (Å²) < 4.78 is 1.10. The second-order valence-electron chi connectivity index (χ2n) is 5.64. The molecule has 0 saturated carbocycles. The van der Waals surface area contributed by atoms with Crippen molar-refractivity contribution in [2.45, 2.75) is 38.3 Å². The van der Waals surface area contributed by atoms with Crippen LogP contribution in [0.1, 0.15) is 48.7 Å². The van der Waals surface area contributed by atoms with E-state index in [0.29, 0.717) is 6.04 Å². The molecule has 110 valence electrons. The van der Waals surface area contributed by atoms with Gasteiger partial charge in [0.25, 0.3) is 0 Å². The standard InChI is InChI=1S/C17H19BrN2O/c1-11(12-4-2-5-13(18)10-12)19-15-6-3-7-16-14(15)8-9-17(21)20-16/h2,4-5,8-11,15,19H,3,6-7H2,1H3,(H,20,21)/t11-,15?/m0/s1. The van der Waals surface area contributed by atoms with E-state index in [1.165, 1.54) is 11.1 Å². The molecule has 1 unspecified atom stereocenters. The number of aromatic amines is 1. The molecule has 0 bridgehead atoms. The van der Waals surface area contributed by atoms with Crippen LogP contribution in [0.2, 0.25) is 0 Å². The molecule has 0 spiro atoms. The van der Waals surface area contributed by atoms with Crippen LogP contribution in [-0.4, -0.2) is 4.98 Å². The van der Waals surface area contributed by atoms with Gasteiger partial charge in [-0.3, -0.25) is 4.79 Å². The number of H-pyrrole nitrogens is 1. The highest BCUT2D eigenvalue weighted by molar-refractivity contribution is 9.10. The summed E-state index contributed by atoms with van der Waals surface area (Å²) in [5, 5.41) is 3.70. The van der Waals surface area contributed by atoms with Gasteiger partial charge in [0.2, 0.25) is 5.56 Å². The van der Waals surface area contributed by atoms with Gasteiger partial charge in [0.1, 0.15) is 0 Å². The highest BCUT2D eigenvalue weighted by Gasteiger charge is 2.22. The van der Waals surface area contributed by atoms with Crippen LogP contribution in [0.5, 0.6) is 0 Å². The van der Waals surface area contributed by atoms with Gasteiger partial charge in [0, 0.05) is 28.3 Å². The largest absolute Gasteiger partial charge is 0.326 e. The van der Waals surface area contributed by atoms with Crippen LogP contribution in [0.25, 0.3) is 0 Å². The zero-order valence-electron chi connectivity index (χ0n) is 12.0. The first-order chi connectivity index (χ1) is 10.1. The molecule has 0 fully saturated rings. The van der Waals surface area contributed by atoms with Gasteiger partial charge in [-0.05, 0) is 49.4 Å². The second-order valence-corrected chi connectivity index (χ2v) is 6.56. The Labute approximate surface area is 132 Å². The van der Waals surface area contributed by atoms with E-state index in [1.54, 1.807) is 6.07 Å². The van der Waals surface area contributed by atoms with E-state index >= 15 is 0 Å². The van der Waals surface area contributed by atoms with Gasteiger partial charge in [0.15, 0.2) is 0 Å². The van der Waals surface area contributed by atoms with Gasteiger partial charge in [-0.2, -0.15) is 0 Å². The summed E-state index contributed by atoms with van der Waals surface area (Å²) in [5.41, 5.74) is 3.59. The fraction of sp³-hybridized carbons (Fsp3) is 0.353. The minimum absolute atomic E-state index is 0.00515. The van der Waals surface area contributed by atoms with Crippen LogP contribution < -0.4 is 10.9 Å². The number of fused-ring (bicyclic) bond motifs is 1. The third kappa shape index (κ3) is 3.27. The molecule has 0 saturated heterocycles. The molecule has 4 heteroatoms. The number of benzene rings is 1. The van der Waals surface area contributed by atoms with E-state index in [4.69, 9.17) is 0 Å². The summed E-state index contributed by atoms with van der Waals surface area (Å²) in [6, 6.07) is 12.6. The lowest BCUT2D eigenvalue weighted by Crippen LogP contribution is -2.29. The molecule has 1 aliphatic rings. The number of aryl methyl sites for hydroxylation is 1. The molecule has 3 nitrogen and oxygen atoms in total. The molecule has 1 aromatic carbocycles. The van der Waals surface area contributed by atoms with E-state index < -0.39 is 0 Å². The molecule has 1 heterocycles. The topological polar surface area (TPSA) is 44.9 Å². The Morgan fingerprint density at radius 2 is 2.19 bits per heavy atom. The van der Waals surface area contributed by atoms with Crippen LogP contribution >= 0.6 is 15.9 Å². The van der Waals surface area contributed by atoms with Crippen LogP contribution in [0.4, 0.5) is 0 Å². The van der Waals surface area contributed by atoms with E-state index in [-0.39, 0.29) is 11.6 Å². The van der Waals surface area contributed by atoms with Crippen molar-refractivity contribution in [1.29, 1.82) is 0 Å². The Morgan fingerprint density at radius 3 is 3.00 bits per heavy atom. The van der Waals surface area contributed by atoms with E-state index in [0.717, 1.165) is 29.4 Å². The molecular formula is C17H19BrN2O. The van der Waals surface area contributed by atoms with Crippen molar-refractivity contribution >= 4 is 15.9 Å². The summed E-state index contributed by atoms with van der Waals surface area (Å²) in [6.07, 6.45) is 3.18. The van der Waals surface area contributed by atoms with Crippen molar-refractivity contribution in [2.24, 2.45) is 0 Å². The van der Waals surface area contributed by atoms with Crippen molar-refractivity contribution in [2.75, 3.05) is 0 Å². The van der Waals surface area contributed by atoms with Gasteiger partial charge >= 0.3 is 0 Å². The molecule has 21 heavy (non-hydrogen) atoms. The number of aromatic nitrogens is 1. The van der Waals surface area contributed by atoms with E-state index in [2.05, 4.69) is 51.4 Å². The normalized spacial score (nSPS) is 19.0. The number of nitrogens with one attached hydrogen (secondary N) is 2. The smallest absolute Gasteiger partial charge is 0.248 e. The summed E-state index contributed by atoms with van der Waals surface area (Å²) in [5.74, 6) is 0. The minimum atomic E-state index is -0.00515. The molecule has 2 aromatic rings. The van der Waals surface area contributed by atoms with Crippen molar-refractivity contribution in [1.82, 2.24) is 10.3 Å². The highest BCUT2D eigenvalue weighted by Crippen LogP contribution is 2.30. The predicted molar refractivity (Wildman–Crippen MR) is 88.4 cm³/mol. The van der Waals surface area contributed by atoms with Gasteiger partial charge < -0.3 is 10.3 Å². The highest BCUT2D eigenvalue weighted by atomic mass is 79.9. The van der Waals surface area contributed by atoms with E-state index in [9.17, 15) is 4.79 Å². The maximum Gasteiger partial charge on any atom is 0.248 e. The average Bonchev–Trinajstić information content (AvgIpc) is 2.47. The lowest BCUT2D eigenvalue weighted by atomic mass is 9.90. The summed E-state index contributed by atoms with van der Waals surface area (Å²) >= 11 is 3.52. The van der Waals surface area contributed by atoms with Crippen molar-refractivity contribution < 1.29 is 0 Å². The lowest BCUT2D eigenvalue weighted by molar-refractivity contribution is 0.411. The zero-order chi connectivity index (χ0) is 14.8. The first-order valence-corrected chi connectivity index (χ1v) is 8.16. The summed E-state index contributed by atoms with van der Waals surface area (Å²) in [6.45, 7) is 2.18. The molecule has 2 atom stereocenters. The molecule has 0 amide bonds. The molecular weight excluding hydrogens is 328 g/mol. The van der Waals surface area contributed by atoms with Crippen LogP contribution in [0.15, 0.2) is 45.7 Å². The molecule has 2 N–H and O–H groups in total. The zero-order valence-corrected chi connectivity index (χ0v) is 13.6. The van der Waals surface area contributed by atoms with Crippen molar-refractivity contribution in [3.05, 3.63) is 68.0 Å². The van der Waals surface area contributed by atoms with E-state index in [1.807, 2.05) is 12.1 Å². The monoisotopic (exact) mass is 346 g/mol. The quantitative estimate of drug-likeness (QED) is 0.885. The molecule has 1 aliphatic carbocycles. The Bertz CT molecular complexity index is 695. The molecule has 1 aromatic heterocycles. The van der Waals surface area contributed by atoms with Crippen LogP contribution in [0.3, 0.4) is 0 Å². The summed E-state index contributed by atoms with van der Waals surface area (Å²) in [4.78, 5) is 14.4. The molecule has 0 aliphatic heterocycles. The molecule has 3 rings (SSSR count). The van der Waals surface area contributed by atoms with Crippen LogP contribution in [0, 0.1) is 0 Å². The van der Waals surface area contributed by atoms with Crippen LogP contribution in [-0.2, 0) is 6.42 Å². The summed E-state index contributed by atoms with van der Waals surface area (Å²) in [7, 11) is 0. The second kappa shape index (κ2) is 6.16. The van der Waals surface area contributed by atoms with Gasteiger partial charge in [0.05, 0.1) is 0 Å². The fourth-order valence-corrected chi connectivity index (χ4v) is 3.46. The van der Waals surface area contributed by atoms with Gasteiger partial charge in [-0.15, -0.1) is 0 Å². The first-order valence-electron chi connectivity index (χ1n) is 7.37. The number of hydrogen-bond acceptors (Lipinski definition) is 2. The number of rotatable bonds is 3. The number of hydrogen-bond donors (Lipinski definition) is 2. The maximum atomic E-state index is 11.4. The Hall–Kier alpha value is -1.39. The minimum Gasteiger partial charge on any atom is -0.326 e. The Kier molecular flexibility index (Phi) is 4.27. The third-order valence-electron chi connectivity index (χ3n) is 4.13. The maximum absolute atomic E-state index is 11.4. The first kappa shape index (κ1) is 14.5. The fourth-order valence-electron chi connectivity index (χ4n) is 3.05. The predicted octanol–water partition coefficient (Wildman–Crippen LogP) is 3.87.